The van der Waals surface area contributed by atoms with Crippen LogP contribution in [-0.4, -0.2) is 62.6 Å². The minimum atomic E-state index is -0.498. The zero-order valence-corrected chi connectivity index (χ0v) is 19.8. The molecule has 1 aliphatic heterocycles. The lowest BCUT2D eigenvalue weighted by molar-refractivity contribution is 0.0743. The van der Waals surface area contributed by atoms with Gasteiger partial charge in [-0.15, -0.1) is 11.3 Å². The maximum Gasteiger partial charge on any atom is 0.280 e. The highest BCUT2D eigenvalue weighted by Gasteiger charge is 2.38. The fourth-order valence-corrected chi connectivity index (χ4v) is 4.94. The molecule has 3 heterocycles. The minimum Gasteiger partial charge on any atom is -0.391 e. The summed E-state index contributed by atoms with van der Waals surface area (Å²) in [6.07, 6.45) is 4.73. The molecular formula is C23H31N5O3S. The van der Waals surface area contributed by atoms with Crippen LogP contribution in [0, 0.1) is 6.92 Å². The number of aryl methyl sites for hydroxylation is 1. The molecule has 9 heteroatoms. The van der Waals surface area contributed by atoms with E-state index in [9.17, 15) is 14.7 Å². The van der Waals surface area contributed by atoms with E-state index in [0.29, 0.717) is 29.6 Å². The molecule has 8 nitrogen and oxygen atoms in total. The Hall–Kier alpha value is -2.52. The standard InChI is InChI=1S/C23H31N5O3S/c1-5-13(3)25-18-9-12(2)15(11-24-18)20-19(23(31)28-8-6-7-14(28)4)27-22(32-20)21(30)26-16-10-17(16)29/h9,11,13-14,16-17,29H,5-8,10H2,1-4H3,(H,24,25)(H,26,30)/t13-,14+,16+,17+/m1/s1. The number of amides is 2. The molecule has 32 heavy (non-hydrogen) atoms. The molecule has 2 aromatic heterocycles. The molecule has 4 atom stereocenters. The summed E-state index contributed by atoms with van der Waals surface area (Å²) in [7, 11) is 0. The van der Waals surface area contributed by atoms with Crippen LogP contribution < -0.4 is 10.6 Å². The highest BCUT2D eigenvalue weighted by Crippen LogP contribution is 2.35. The number of carbonyl (C=O) groups excluding carboxylic acids is 2. The van der Waals surface area contributed by atoms with Gasteiger partial charge in [-0.25, -0.2) is 9.97 Å². The average Bonchev–Trinajstić information content (AvgIpc) is 3.14. The van der Waals surface area contributed by atoms with Crippen LogP contribution in [0.25, 0.3) is 10.4 Å². The van der Waals surface area contributed by atoms with Crippen LogP contribution in [0.3, 0.4) is 0 Å². The van der Waals surface area contributed by atoms with Gasteiger partial charge in [0.05, 0.1) is 17.0 Å². The summed E-state index contributed by atoms with van der Waals surface area (Å²) in [5.74, 6) is 0.284. The van der Waals surface area contributed by atoms with Crippen molar-refractivity contribution in [3.63, 3.8) is 0 Å². The molecule has 1 saturated carbocycles. The Balaban J connectivity index is 1.69. The second kappa shape index (κ2) is 9.15. The minimum absolute atomic E-state index is 0.145. The van der Waals surface area contributed by atoms with Gasteiger partial charge in [-0.1, -0.05) is 6.92 Å². The predicted octanol–water partition coefficient (Wildman–Crippen LogP) is 3.21. The van der Waals surface area contributed by atoms with Gasteiger partial charge in [0.25, 0.3) is 11.8 Å². The van der Waals surface area contributed by atoms with Gasteiger partial charge in [0.1, 0.15) is 11.5 Å². The van der Waals surface area contributed by atoms with E-state index in [0.717, 1.165) is 36.2 Å². The van der Waals surface area contributed by atoms with Gasteiger partial charge < -0.3 is 20.6 Å². The van der Waals surface area contributed by atoms with Crippen molar-refractivity contribution in [2.75, 3.05) is 11.9 Å². The van der Waals surface area contributed by atoms with Crippen molar-refractivity contribution in [1.29, 1.82) is 0 Å². The number of likely N-dealkylation sites (tertiary alicyclic amines) is 1. The third kappa shape index (κ3) is 4.63. The topological polar surface area (TPSA) is 107 Å². The number of hydrogen-bond donors (Lipinski definition) is 3. The number of pyridine rings is 1. The van der Waals surface area contributed by atoms with Crippen LogP contribution in [0.2, 0.25) is 0 Å². The Morgan fingerprint density at radius 3 is 2.75 bits per heavy atom. The smallest absolute Gasteiger partial charge is 0.280 e. The second-order valence-electron chi connectivity index (χ2n) is 8.91. The molecule has 0 unspecified atom stereocenters. The third-order valence-electron chi connectivity index (χ3n) is 6.27. The molecule has 0 spiro atoms. The molecule has 0 aromatic carbocycles. The van der Waals surface area contributed by atoms with Gasteiger partial charge >= 0.3 is 0 Å². The normalized spacial score (nSPS) is 23.2. The Kier molecular flexibility index (Phi) is 6.48. The number of thiazole rings is 1. The molecule has 2 aliphatic rings. The van der Waals surface area contributed by atoms with Crippen molar-refractivity contribution >= 4 is 29.0 Å². The maximum absolute atomic E-state index is 13.4. The Labute approximate surface area is 192 Å². The molecular weight excluding hydrogens is 426 g/mol. The van der Waals surface area contributed by atoms with E-state index in [-0.39, 0.29) is 28.9 Å². The van der Waals surface area contributed by atoms with Gasteiger partial charge in [-0.05, 0) is 58.1 Å². The molecule has 2 aromatic rings. The van der Waals surface area contributed by atoms with E-state index < -0.39 is 6.10 Å². The highest BCUT2D eigenvalue weighted by molar-refractivity contribution is 7.17. The predicted molar refractivity (Wildman–Crippen MR) is 125 cm³/mol. The van der Waals surface area contributed by atoms with Gasteiger partial charge in [0, 0.05) is 30.4 Å². The lowest BCUT2D eigenvalue weighted by atomic mass is 10.1. The first kappa shape index (κ1) is 22.7. The van der Waals surface area contributed by atoms with Crippen molar-refractivity contribution in [1.82, 2.24) is 20.2 Å². The molecule has 1 aliphatic carbocycles. The lowest BCUT2D eigenvalue weighted by Crippen LogP contribution is -2.34. The van der Waals surface area contributed by atoms with Crippen molar-refractivity contribution < 1.29 is 14.7 Å². The van der Waals surface area contributed by atoms with Crippen LogP contribution in [0.15, 0.2) is 12.3 Å². The van der Waals surface area contributed by atoms with Crippen molar-refractivity contribution in [2.45, 2.75) is 77.6 Å². The number of anilines is 1. The second-order valence-corrected chi connectivity index (χ2v) is 9.91. The SMILES string of the molecule is CC[C@@H](C)Nc1cc(C)c(-c2sc(C(=O)N[C@H]3C[C@@H]3O)nc2C(=O)N2CCC[C@@H]2C)cn1. The fourth-order valence-electron chi connectivity index (χ4n) is 3.91. The number of aliphatic hydroxyl groups is 1. The highest BCUT2D eigenvalue weighted by atomic mass is 32.1. The molecule has 172 valence electrons. The number of rotatable bonds is 7. The zero-order valence-electron chi connectivity index (χ0n) is 19.0. The van der Waals surface area contributed by atoms with E-state index in [2.05, 4.69) is 34.4 Å². The molecule has 4 rings (SSSR count). The van der Waals surface area contributed by atoms with Crippen LogP contribution in [-0.2, 0) is 0 Å². The van der Waals surface area contributed by atoms with E-state index in [1.807, 2.05) is 24.8 Å². The Morgan fingerprint density at radius 2 is 2.16 bits per heavy atom. The maximum atomic E-state index is 13.4. The van der Waals surface area contributed by atoms with Crippen LogP contribution in [0.4, 0.5) is 5.82 Å². The summed E-state index contributed by atoms with van der Waals surface area (Å²) in [5, 5.41) is 15.9. The van der Waals surface area contributed by atoms with Crippen molar-refractivity contribution in [3.8, 4) is 10.4 Å². The van der Waals surface area contributed by atoms with Crippen molar-refractivity contribution in [3.05, 3.63) is 28.5 Å². The summed E-state index contributed by atoms with van der Waals surface area (Å²) in [5.41, 5.74) is 2.07. The largest absolute Gasteiger partial charge is 0.391 e. The number of carbonyl (C=O) groups is 2. The average molecular weight is 458 g/mol. The number of aromatic nitrogens is 2. The van der Waals surface area contributed by atoms with Crippen LogP contribution in [0.1, 0.15) is 72.3 Å². The van der Waals surface area contributed by atoms with Gasteiger partial charge in [0.15, 0.2) is 5.01 Å². The summed E-state index contributed by atoms with van der Waals surface area (Å²) in [6.45, 7) is 8.93. The first-order valence-electron chi connectivity index (χ1n) is 11.3. The fraction of sp³-hybridized carbons (Fsp3) is 0.565. The summed E-state index contributed by atoms with van der Waals surface area (Å²) in [6, 6.07) is 2.19. The van der Waals surface area contributed by atoms with Crippen LogP contribution >= 0.6 is 11.3 Å². The van der Waals surface area contributed by atoms with Gasteiger partial charge in [0.2, 0.25) is 0 Å². The number of aliphatic hydroxyl groups excluding tert-OH is 1. The lowest BCUT2D eigenvalue weighted by Gasteiger charge is -2.21. The number of nitrogens with one attached hydrogen (secondary N) is 2. The molecule has 1 saturated heterocycles. The van der Waals surface area contributed by atoms with E-state index in [1.54, 1.807) is 6.20 Å². The first-order chi connectivity index (χ1) is 15.3. The number of nitrogens with zero attached hydrogens (tertiary/aromatic N) is 3. The molecule has 2 fully saturated rings. The number of hydrogen-bond acceptors (Lipinski definition) is 7. The summed E-state index contributed by atoms with van der Waals surface area (Å²) >= 11 is 1.21. The van der Waals surface area contributed by atoms with Gasteiger partial charge in [-0.3, -0.25) is 9.59 Å². The molecule has 2 amide bonds. The quantitative estimate of drug-likeness (QED) is 0.589. The summed E-state index contributed by atoms with van der Waals surface area (Å²) in [4.78, 5) is 37.7. The van der Waals surface area contributed by atoms with Crippen LogP contribution in [0.5, 0.6) is 0 Å². The van der Waals surface area contributed by atoms with Crippen molar-refractivity contribution in [2.24, 2.45) is 0 Å². The van der Waals surface area contributed by atoms with E-state index in [1.165, 1.54) is 11.3 Å². The summed E-state index contributed by atoms with van der Waals surface area (Å²) < 4.78 is 0. The molecule has 3 N–H and O–H groups in total. The Bertz CT molecular complexity index is 1020. The third-order valence-corrected chi connectivity index (χ3v) is 7.36. The molecule has 0 bridgehead atoms. The van der Waals surface area contributed by atoms with E-state index in [4.69, 9.17) is 0 Å². The zero-order chi connectivity index (χ0) is 23.0. The van der Waals surface area contributed by atoms with E-state index >= 15 is 0 Å². The Morgan fingerprint density at radius 1 is 1.41 bits per heavy atom. The first-order valence-corrected chi connectivity index (χ1v) is 12.1. The molecule has 0 radical (unpaired) electrons. The van der Waals surface area contributed by atoms with Gasteiger partial charge in [-0.2, -0.15) is 0 Å². The monoisotopic (exact) mass is 457 g/mol.